The molecule has 1 fully saturated rings. The predicted molar refractivity (Wildman–Crippen MR) is 73.4 cm³/mol. The largest absolute Gasteiger partial charge is 0.497 e. The van der Waals surface area contributed by atoms with Gasteiger partial charge in [0.05, 0.1) is 13.0 Å². The smallest absolute Gasteiger partial charge is 0.306 e. The molecule has 4 nitrogen and oxygen atoms in total. The number of aliphatic carboxylic acids is 1. The van der Waals surface area contributed by atoms with Crippen molar-refractivity contribution in [1.29, 1.82) is 0 Å². The van der Waals surface area contributed by atoms with Gasteiger partial charge in [0.25, 0.3) is 0 Å². The van der Waals surface area contributed by atoms with Gasteiger partial charge in [-0.3, -0.25) is 9.69 Å². The van der Waals surface area contributed by atoms with E-state index in [0.29, 0.717) is 0 Å². The Hall–Kier alpha value is -1.55. The summed E-state index contributed by atoms with van der Waals surface area (Å²) < 4.78 is 5.28. The van der Waals surface area contributed by atoms with Gasteiger partial charge in [0, 0.05) is 6.54 Å². The van der Waals surface area contributed by atoms with Crippen LogP contribution in [-0.4, -0.2) is 36.2 Å². The summed E-state index contributed by atoms with van der Waals surface area (Å²) in [6.45, 7) is 4.63. The third kappa shape index (κ3) is 3.70. The topological polar surface area (TPSA) is 49.8 Å². The molecule has 0 bridgehead atoms. The van der Waals surface area contributed by atoms with E-state index in [4.69, 9.17) is 9.84 Å². The van der Waals surface area contributed by atoms with E-state index in [9.17, 15) is 4.79 Å². The monoisotopic (exact) mass is 263 g/mol. The van der Waals surface area contributed by atoms with E-state index in [1.165, 1.54) is 11.1 Å². The highest BCUT2D eigenvalue weighted by Gasteiger charge is 2.24. The first-order chi connectivity index (χ1) is 9.08. The summed E-state index contributed by atoms with van der Waals surface area (Å²) in [6.07, 6.45) is 1.50. The number of benzene rings is 1. The number of hydrogen-bond acceptors (Lipinski definition) is 3. The molecule has 0 unspecified atom stereocenters. The van der Waals surface area contributed by atoms with Gasteiger partial charge in [-0.05, 0) is 56.1 Å². The van der Waals surface area contributed by atoms with Gasteiger partial charge >= 0.3 is 5.97 Å². The number of carbonyl (C=O) groups is 1. The maximum Gasteiger partial charge on any atom is 0.306 e. The molecule has 1 aromatic carbocycles. The van der Waals surface area contributed by atoms with E-state index in [-0.39, 0.29) is 5.92 Å². The number of methoxy groups -OCH3 is 1. The highest BCUT2D eigenvalue weighted by Crippen LogP contribution is 2.22. The molecule has 0 amide bonds. The normalized spacial score (nSPS) is 17.4. The summed E-state index contributed by atoms with van der Waals surface area (Å²) in [6, 6.07) is 6.22. The lowest BCUT2D eigenvalue weighted by atomic mass is 9.96. The van der Waals surface area contributed by atoms with Crippen LogP contribution in [0.5, 0.6) is 5.75 Å². The van der Waals surface area contributed by atoms with Gasteiger partial charge in [0.1, 0.15) is 5.75 Å². The SMILES string of the molecule is COc1cc(C)cc(CN2CCC(C(=O)O)CC2)c1. The molecule has 0 radical (unpaired) electrons. The second kappa shape index (κ2) is 6.06. The van der Waals surface area contributed by atoms with Crippen LogP contribution in [0.3, 0.4) is 0 Å². The van der Waals surface area contributed by atoms with Gasteiger partial charge < -0.3 is 9.84 Å². The van der Waals surface area contributed by atoms with E-state index in [1.807, 2.05) is 6.07 Å². The number of ether oxygens (including phenoxy) is 1. The van der Waals surface area contributed by atoms with Crippen LogP contribution in [0, 0.1) is 12.8 Å². The fourth-order valence-corrected chi connectivity index (χ4v) is 2.63. The van der Waals surface area contributed by atoms with E-state index >= 15 is 0 Å². The lowest BCUT2D eigenvalue weighted by Crippen LogP contribution is -2.35. The zero-order valence-corrected chi connectivity index (χ0v) is 11.6. The molecule has 0 aromatic heterocycles. The van der Waals surface area contributed by atoms with Crippen molar-refractivity contribution in [1.82, 2.24) is 4.90 Å². The van der Waals surface area contributed by atoms with Crippen LogP contribution in [0.25, 0.3) is 0 Å². The van der Waals surface area contributed by atoms with Crippen LogP contribution in [0.4, 0.5) is 0 Å². The van der Waals surface area contributed by atoms with E-state index in [2.05, 4.69) is 24.0 Å². The van der Waals surface area contributed by atoms with Crippen molar-refractivity contribution in [2.45, 2.75) is 26.3 Å². The van der Waals surface area contributed by atoms with Crippen LogP contribution < -0.4 is 4.74 Å². The Balaban J connectivity index is 1.95. The number of likely N-dealkylation sites (tertiary alicyclic amines) is 1. The predicted octanol–water partition coefficient (Wildman–Crippen LogP) is 2.30. The van der Waals surface area contributed by atoms with Gasteiger partial charge in [-0.1, -0.05) is 6.07 Å². The first-order valence-electron chi connectivity index (χ1n) is 6.68. The first kappa shape index (κ1) is 13.9. The first-order valence-corrected chi connectivity index (χ1v) is 6.68. The molecule has 1 aliphatic heterocycles. The number of nitrogens with zero attached hydrogens (tertiary/aromatic N) is 1. The molecule has 0 aliphatic carbocycles. The van der Waals surface area contributed by atoms with E-state index in [1.54, 1.807) is 7.11 Å². The van der Waals surface area contributed by atoms with Crippen molar-refractivity contribution in [3.8, 4) is 5.75 Å². The Morgan fingerprint density at radius 3 is 2.63 bits per heavy atom. The maximum absolute atomic E-state index is 10.9. The van der Waals surface area contributed by atoms with Gasteiger partial charge in [0.2, 0.25) is 0 Å². The van der Waals surface area contributed by atoms with Crippen molar-refractivity contribution < 1.29 is 14.6 Å². The number of rotatable bonds is 4. The molecule has 1 heterocycles. The van der Waals surface area contributed by atoms with Gasteiger partial charge in [-0.25, -0.2) is 0 Å². The zero-order valence-electron chi connectivity index (χ0n) is 11.6. The van der Waals surface area contributed by atoms with Crippen LogP contribution in [0.2, 0.25) is 0 Å². The van der Waals surface area contributed by atoms with Gasteiger partial charge in [0.15, 0.2) is 0 Å². The minimum absolute atomic E-state index is 0.164. The number of aryl methyl sites for hydroxylation is 1. The Kier molecular flexibility index (Phi) is 4.43. The standard InChI is InChI=1S/C15H21NO3/c1-11-7-12(9-14(8-11)19-2)10-16-5-3-13(4-6-16)15(17)18/h7-9,13H,3-6,10H2,1-2H3,(H,17,18). The molecule has 4 heteroatoms. The van der Waals surface area contributed by atoms with Crippen LogP contribution in [-0.2, 0) is 11.3 Å². The zero-order chi connectivity index (χ0) is 13.8. The Bertz CT molecular complexity index is 451. The van der Waals surface area contributed by atoms with Crippen LogP contribution in [0.15, 0.2) is 18.2 Å². The molecular formula is C15H21NO3. The minimum Gasteiger partial charge on any atom is -0.497 e. The highest BCUT2D eigenvalue weighted by atomic mass is 16.5. The highest BCUT2D eigenvalue weighted by molar-refractivity contribution is 5.70. The van der Waals surface area contributed by atoms with E-state index in [0.717, 1.165) is 38.2 Å². The molecule has 2 rings (SSSR count). The average Bonchev–Trinajstić information content (AvgIpc) is 2.38. The van der Waals surface area contributed by atoms with Crippen molar-refractivity contribution in [3.05, 3.63) is 29.3 Å². The molecule has 1 aliphatic rings. The van der Waals surface area contributed by atoms with E-state index < -0.39 is 5.97 Å². The maximum atomic E-state index is 10.9. The fraction of sp³-hybridized carbons (Fsp3) is 0.533. The van der Waals surface area contributed by atoms with Crippen molar-refractivity contribution in [3.63, 3.8) is 0 Å². The molecule has 0 spiro atoms. The lowest BCUT2D eigenvalue weighted by Gasteiger charge is -2.30. The Morgan fingerprint density at radius 2 is 2.05 bits per heavy atom. The number of piperidine rings is 1. The third-order valence-electron chi connectivity index (χ3n) is 3.69. The summed E-state index contributed by atoms with van der Waals surface area (Å²) in [5, 5.41) is 8.98. The quantitative estimate of drug-likeness (QED) is 0.905. The lowest BCUT2D eigenvalue weighted by molar-refractivity contribution is -0.143. The Labute approximate surface area is 114 Å². The summed E-state index contributed by atoms with van der Waals surface area (Å²) in [7, 11) is 1.68. The van der Waals surface area contributed by atoms with Crippen LogP contribution >= 0.6 is 0 Å². The Morgan fingerprint density at radius 1 is 1.37 bits per heavy atom. The number of carboxylic acids is 1. The minimum atomic E-state index is -0.656. The van der Waals surface area contributed by atoms with Crippen molar-refractivity contribution >= 4 is 5.97 Å². The second-order valence-electron chi connectivity index (χ2n) is 5.25. The molecule has 1 N–H and O–H groups in total. The van der Waals surface area contributed by atoms with Gasteiger partial charge in [-0.15, -0.1) is 0 Å². The third-order valence-corrected chi connectivity index (χ3v) is 3.69. The number of hydrogen-bond donors (Lipinski definition) is 1. The summed E-state index contributed by atoms with van der Waals surface area (Å²) >= 11 is 0. The molecular weight excluding hydrogens is 242 g/mol. The molecule has 104 valence electrons. The van der Waals surface area contributed by atoms with Crippen molar-refractivity contribution in [2.75, 3.05) is 20.2 Å². The summed E-state index contributed by atoms with van der Waals surface area (Å²) in [4.78, 5) is 13.2. The van der Waals surface area contributed by atoms with Crippen molar-refractivity contribution in [2.24, 2.45) is 5.92 Å². The molecule has 0 saturated carbocycles. The molecule has 1 aromatic rings. The summed E-state index contributed by atoms with van der Waals surface area (Å²) in [5.74, 6) is 0.0654. The molecule has 0 atom stereocenters. The molecule has 19 heavy (non-hydrogen) atoms. The van der Waals surface area contributed by atoms with Crippen LogP contribution in [0.1, 0.15) is 24.0 Å². The fourth-order valence-electron chi connectivity index (χ4n) is 2.63. The average molecular weight is 263 g/mol. The van der Waals surface area contributed by atoms with Gasteiger partial charge in [-0.2, -0.15) is 0 Å². The number of carboxylic acid groups (broad SMARTS) is 1. The summed E-state index contributed by atoms with van der Waals surface area (Å²) in [5.41, 5.74) is 2.42. The second-order valence-corrected chi connectivity index (χ2v) is 5.25. The molecule has 1 saturated heterocycles.